The molecule has 2 saturated heterocycles. The number of hydrogen-bond donors (Lipinski definition) is 4. The number of benzene rings is 4. The Morgan fingerprint density at radius 3 is 1.98 bits per heavy atom. The molecule has 2 amide bonds. The highest BCUT2D eigenvalue weighted by Crippen LogP contribution is 2.34. The summed E-state index contributed by atoms with van der Waals surface area (Å²) in [6.07, 6.45) is 4.74. The fourth-order valence-corrected chi connectivity index (χ4v) is 7.03. The molecule has 6 rings (SSSR count). The molecule has 0 spiro atoms. The molecular weight excluding hydrogens is 534 g/mol. The van der Waals surface area contributed by atoms with Crippen LogP contribution in [0, 0.1) is 0 Å². The van der Waals surface area contributed by atoms with Crippen LogP contribution in [0.3, 0.4) is 0 Å². The molecule has 224 valence electrons. The Kier molecular flexibility index (Phi) is 9.32. The van der Waals surface area contributed by atoms with E-state index in [-0.39, 0.29) is 30.8 Å². The Hall–Kier alpha value is -3.78. The van der Waals surface area contributed by atoms with Crippen LogP contribution in [0.2, 0.25) is 0 Å². The van der Waals surface area contributed by atoms with E-state index in [9.17, 15) is 9.59 Å². The molecule has 1 unspecified atom stereocenters. The van der Waals surface area contributed by atoms with Gasteiger partial charge < -0.3 is 26.6 Å². The third-order valence-electron chi connectivity index (χ3n) is 9.20. The van der Waals surface area contributed by atoms with Gasteiger partial charge in [0.2, 0.25) is 11.8 Å². The lowest BCUT2D eigenvalue weighted by atomic mass is 9.93. The average Bonchev–Trinajstić information content (AvgIpc) is 3.75. The minimum absolute atomic E-state index is 0.0256. The molecule has 0 bridgehead atoms. The Bertz CT molecular complexity index is 1550. The van der Waals surface area contributed by atoms with Crippen LogP contribution in [0.25, 0.3) is 21.5 Å². The van der Waals surface area contributed by atoms with Crippen molar-refractivity contribution in [1.82, 2.24) is 20.9 Å². The Morgan fingerprint density at radius 2 is 1.35 bits per heavy atom. The van der Waals surface area contributed by atoms with Crippen molar-refractivity contribution in [2.24, 2.45) is 5.73 Å². The second-order valence-corrected chi connectivity index (χ2v) is 12.1. The molecule has 43 heavy (non-hydrogen) atoms. The highest BCUT2D eigenvalue weighted by atomic mass is 16.2. The van der Waals surface area contributed by atoms with Crippen LogP contribution < -0.4 is 21.7 Å². The van der Waals surface area contributed by atoms with Gasteiger partial charge in [0, 0.05) is 37.6 Å². The lowest BCUT2D eigenvalue weighted by molar-refractivity contribution is -0.135. The monoisotopic (exact) mass is 577 g/mol. The standard InChI is InChI=1S/C36H43N5O2/c37-35(42)22-34(32-18-6-12-26-10-2-4-16-30(26)32)41(24-28-14-8-20-39-28)36(43)21-33(40-23-27-13-7-19-38-27)31-17-5-11-25-9-1-3-15-29(25)31/h1-6,9-12,15-18,27-28,33-34,38-40H,7-8,13-14,19-24H2,(H2,37,42)/t27-,28-,33?,34+/m1/s1. The van der Waals surface area contributed by atoms with Gasteiger partial charge in [-0.05, 0) is 71.4 Å². The zero-order chi connectivity index (χ0) is 29.6. The Balaban J connectivity index is 1.37. The summed E-state index contributed by atoms with van der Waals surface area (Å²) in [6.45, 7) is 3.30. The number of carbonyl (C=O) groups excluding carboxylic acids is 2. The molecule has 7 nitrogen and oxygen atoms in total. The summed E-state index contributed by atoms with van der Waals surface area (Å²) < 4.78 is 0. The van der Waals surface area contributed by atoms with Crippen LogP contribution in [0.5, 0.6) is 0 Å². The summed E-state index contributed by atoms with van der Waals surface area (Å²) in [4.78, 5) is 29.2. The van der Waals surface area contributed by atoms with Crippen LogP contribution in [-0.4, -0.2) is 55.0 Å². The van der Waals surface area contributed by atoms with E-state index in [2.05, 4.69) is 76.6 Å². The molecule has 0 aliphatic carbocycles. The van der Waals surface area contributed by atoms with E-state index in [0.717, 1.165) is 71.6 Å². The number of nitrogens with two attached hydrogens (primary N) is 1. The maximum atomic E-state index is 14.7. The molecule has 4 aromatic carbocycles. The first kappa shape index (κ1) is 29.3. The number of amides is 2. The number of hydrogen-bond acceptors (Lipinski definition) is 5. The van der Waals surface area contributed by atoms with Gasteiger partial charge in [-0.25, -0.2) is 0 Å². The number of nitrogens with one attached hydrogen (secondary N) is 3. The van der Waals surface area contributed by atoms with Crippen molar-refractivity contribution in [3.8, 4) is 0 Å². The van der Waals surface area contributed by atoms with Gasteiger partial charge in [0.15, 0.2) is 0 Å². The van der Waals surface area contributed by atoms with Crippen molar-refractivity contribution in [2.75, 3.05) is 26.2 Å². The van der Waals surface area contributed by atoms with Gasteiger partial charge in [0.05, 0.1) is 12.5 Å². The highest BCUT2D eigenvalue weighted by molar-refractivity contribution is 5.89. The summed E-state index contributed by atoms with van der Waals surface area (Å²) in [5, 5.41) is 15.4. The molecular formula is C36H43N5O2. The number of fused-ring (bicyclic) bond motifs is 2. The van der Waals surface area contributed by atoms with E-state index < -0.39 is 11.9 Å². The molecule has 0 saturated carbocycles. The third-order valence-corrected chi connectivity index (χ3v) is 9.20. The summed E-state index contributed by atoms with van der Waals surface area (Å²) >= 11 is 0. The quantitative estimate of drug-likeness (QED) is 0.191. The van der Waals surface area contributed by atoms with Crippen molar-refractivity contribution in [3.05, 3.63) is 96.1 Å². The number of primary amides is 1. The van der Waals surface area contributed by atoms with Crippen molar-refractivity contribution in [2.45, 2.75) is 62.7 Å². The molecule has 5 N–H and O–H groups in total. The van der Waals surface area contributed by atoms with Crippen molar-refractivity contribution >= 4 is 33.4 Å². The summed E-state index contributed by atoms with van der Waals surface area (Å²) in [6, 6.07) is 29.0. The van der Waals surface area contributed by atoms with Crippen LogP contribution >= 0.6 is 0 Å². The second kappa shape index (κ2) is 13.7. The molecule has 0 aromatic heterocycles. The summed E-state index contributed by atoms with van der Waals surface area (Å²) in [5.41, 5.74) is 7.97. The molecule has 4 aromatic rings. The molecule has 2 fully saturated rings. The number of rotatable bonds is 12. The topological polar surface area (TPSA) is 99.5 Å². The SMILES string of the molecule is NC(=O)C[C@@H](c1cccc2ccccc12)N(C[C@H]1CCCN1)C(=O)CC(NC[C@H]1CCCN1)c1cccc2ccccc12. The summed E-state index contributed by atoms with van der Waals surface area (Å²) in [5.74, 6) is -0.385. The highest BCUT2D eigenvalue weighted by Gasteiger charge is 2.33. The van der Waals surface area contributed by atoms with E-state index in [1.807, 2.05) is 29.2 Å². The van der Waals surface area contributed by atoms with Gasteiger partial charge >= 0.3 is 0 Å². The predicted octanol–water partition coefficient (Wildman–Crippen LogP) is 4.96. The zero-order valence-electron chi connectivity index (χ0n) is 24.8. The number of nitrogens with zero attached hydrogens (tertiary/aromatic N) is 1. The summed E-state index contributed by atoms with van der Waals surface area (Å²) in [7, 11) is 0. The first-order chi connectivity index (χ1) is 21.1. The van der Waals surface area contributed by atoms with E-state index in [0.29, 0.717) is 12.6 Å². The van der Waals surface area contributed by atoms with Gasteiger partial charge in [-0.1, -0.05) is 84.9 Å². The second-order valence-electron chi connectivity index (χ2n) is 12.1. The average molecular weight is 578 g/mol. The van der Waals surface area contributed by atoms with Crippen molar-refractivity contribution < 1.29 is 9.59 Å². The Labute approximate surface area is 254 Å². The maximum absolute atomic E-state index is 14.7. The third kappa shape index (κ3) is 6.90. The minimum atomic E-state index is -0.455. The normalized spacial score (nSPS) is 19.9. The van der Waals surface area contributed by atoms with Crippen molar-refractivity contribution in [1.29, 1.82) is 0 Å². The van der Waals surface area contributed by atoms with E-state index in [4.69, 9.17) is 5.73 Å². The van der Waals surface area contributed by atoms with E-state index in [1.54, 1.807) is 0 Å². The van der Waals surface area contributed by atoms with Gasteiger partial charge in [0.25, 0.3) is 0 Å². The maximum Gasteiger partial charge on any atom is 0.225 e. The molecule has 7 heteroatoms. The number of carbonyl (C=O) groups is 2. The van der Waals surface area contributed by atoms with Crippen LogP contribution in [0.4, 0.5) is 0 Å². The van der Waals surface area contributed by atoms with Crippen LogP contribution in [-0.2, 0) is 9.59 Å². The molecule has 0 radical (unpaired) electrons. The zero-order valence-corrected chi connectivity index (χ0v) is 24.8. The first-order valence-corrected chi connectivity index (χ1v) is 15.8. The lowest BCUT2D eigenvalue weighted by Crippen LogP contribution is -2.45. The molecule has 4 atom stereocenters. The van der Waals surface area contributed by atoms with Gasteiger partial charge in [-0.3, -0.25) is 9.59 Å². The first-order valence-electron chi connectivity index (χ1n) is 15.8. The molecule has 2 aliphatic heterocycles. The predicted molar refractivity (Wildman–Crippen MR) is 174 cm³/mol. The van der Waals surface area contributed by atoms with E-state index in [1.165, 1.54) is 6.42 Å². The minimum Gasteiger partial charge on any atom is -0.370 e. The van der Waals surface area contributed by atoms with Gasteiger partial charge in [-0.2, -0.15) is 0 Å². The fourth-order valence-electron chi connectivity index (χ4n) is 7.03. The molecule has 2 aliphatic rings. The largest absolute Gasteiger partial charge is 0.370 e. The van der Waals surface area contributed by atoms with Gasteiger partial charge in [0.1, 0.15) is 0 Å². The fraction of sp³-hybridized carbons (Fsp3) is 0.389. The Morgan fingerprint density at radius 1 is 0.767 bits per heavy atom. The smallest absolute Gasteiger partial charge is 0.225 e. The van der Waals surface area contributed by atoms with Gasteiger partial charge in [-0.15, -0.1) is 0 Å². The van der Waals surface area contributed by atoms with E-state index >= 15 is 0 Å². The lowest BCUT2D eigenvalue weighted by Gasteiger charge is -2.36. The van der Waals surface area contributed by atoms with Crippen molar-refractivity contribution in [3.63, 3.8) is 0 Å². The van der Waals surface area contributed by atoms with Crippen LogP contribution in [0.15, 0.2) is 84.9 Å². The molecule has 2 heterocycles. The van der Waals surface area contributed by atoms with Crippen LogP contribution in [0.1, 0.15) is 61.7 Å².